The molecule has 3 rings (SSSR count). The molecule has 2 atom stereocenters. The number of alkyl halides is 1. The monoisotopic (exact) mass is 443 g/mol. The molecule has 0 saturated carbocycles. The van der Waals surface area contributed by atoms with E-state index in [-0.39, 0.29) is 12.0 Å². The van der Waals surface area contributed by atoms with Crippen molar-refractivity contribution in [1.29, 1.82) is 0 Å². The van der Waals surface area contributed by atoms with E-state index in [4.69, 9.17) is 21.1 Å². The quantitative estimate of drug-likeness (QED) is 0.447. The van der Waals surface area contributed by atoms with Crippen molar-refractivity contribution in [1.82, 2.24) is 15.0 Å². The van der Waals surface area contributed by atoms with Gasteiger partial charge in [-0.25, -0.2) is 4.68 Å². The number of rotatable bonds is 11. The lowest BCUT2D eigenvalue weighted by atomic mass is 9.78. The summed E-state index contributed by atoms with van der Waals surface area (Å²) in [6.07, 6.45) is 2.63. The van der Waals surface area contributed by atoms with E-state index in [0.29, 0.717) is 30.7 Å². The van der Waals surface area contributed by atoms with Gasteiger partial charge in [0, 0.05) is 23.4 Å². The Bertz CT molecular complexity index is 912. The summed E-state index contributed by atoms with van der Waals surface area (Å²) in [5.74, 6) is 2.48. The van der Waals surface area contributed by atoms with Crippen LogP contribution in [0.4, 0.5) is 0 Å². The van der Waals surface area contributed by atoms with Gasteiger partial charge in [-0.1, -0.05) is 50.3 Å². The van der Waals surface area contributed by atoms with Gasteiger partial charge in [-0.3, -0.25) is 0 Å². The highest BCUT2D eigenvalue weighted by molar-refractivity contribution is 6.18. The summed E-state index contributed by atoms with van der Waals surface area (Å²) < 4.78 is 13.1. The molecule has 7 heteroatoms. The molecular weight excluding hydrogens is 414 g/mol. The average molecular weight is 444 g/mol. The third kappa shape index (κ3) is 6.45. The minimum absolute atomic E-state index is 0.174. The molecule has 0 spiro atoms. The van der Waals surface area contributed by atoms with Gasteiger partial charge in [0.15, 0.2) is 0 Å². The van der Waals surface area contributed by atoms with E-state index in [1.807, 2.05) is 24.3 Å². The fourth-order valence-electron chi connectivity index (χ4n) is 3.18. The van der Waals surface area contributed by atoms with Crippen LogP contribution in [0.25, 0.3) is 0 Å². The third-order valence-electron chi connectivity index (χ3n) is 5.26. The number of nitrogens with zero attached hydrogens (tertiary/aromatic N) is 3. The van der Waals surface area contributed by atoms with E-state index in [1.165, 1.54) is 11.1 Å². The van der Waals surface area contributed by atoms with Crippen molar-refractivity contribution < 1.29 is 14.6 Å². The molecule has 0 unspecified atom stereocenters. The van der Waals surface area contributed by atoms with Crippen LogP contribution in [0.2, 0.25) is 0 Å². The summed E-state index contributed by atoms with van der Waals surface area (Å²) in [5, 5.41) is 17.7. The number of ether oxygens (including phenoxy) is 2. The number of hydrogen-bond donors (Lipinski definition) is 1. The van der Waals surface area contributed by atoms with Gasteiger partial charge in [-0.2, -0.15) is 0 Å². The molecule has 2 aromatic carbocycles. The zero-order chi connectivity index (χ0) is 22.3. The van der Waals surface area contributed by atoms with E-state index < -0.39 is 6.10 Å². The second-order valence-corrected chi connectivity index (χ2v) is 8.64. The van der Waals surface area contributed by atoms with Crippen LogP contribution >= 0.6 is 11.6 Å². The molecule has 0 aliphatic carbocycles. The molecular formula is C24H30ClN3O3. The Morgan fingerprint density at radius 2 is 1.52 bits per heavy atom. The van der Waals surface area contributed by atoms with Crippen molar-refractivity contribution in [3.05, 3.63) is 72.1 Å². The van der Waals surface area contributed by atoms with Crippen molar-refractivity contribution in [3.63, 3.8) is 0 Å². The van der Waals surface area contributed by atoms with Crippen LogP contribution in [-0.4, -0.2) is 45.3 Å². The Morgan fingerprint density at radius 3 is 2.00 bits per heavy atom. The largest absolute Gasteiger partial charge is 0.493 e. The van der Waals surface area contributed by atoms with Gasteiger partial charge in [0.2, 0.25) is 0 Å². The zero-order valence-electron chi connectivity index (χ0n) is 18.2. The maximum absolute atomic E-state index is 10.1. The molecule has 1 aromatic heterocycles. The molecule has 0 radical (unpaired) electrons. The van der Waals surface area contributed by atoms with Crippen molar-refractivity contribution in [3.8, 4) is 11.5 Å². The van der Waals surface area contributed by atoms with Gasteiger partial charge < -0.3 is 14.6 Å². The molecule has 0 fully saturated rings. The molecule has 1 heterocycles. The van der Waals surface area contributed by atoms with Crippen LogP contribution in [-0.2, 0) is 12.0 Å². The first-order chi connectivity index (χ1) is 14.9. The predicted octanol–water partition coefficient (Wildman–Crippen LogP) is 4.30. The minimum Gasteiger partial charge on any atom is -0.493 e. The summed E-state index contributed by atoms with van der Waals surface area (Å²) in [5.41, 5.74) is 2.20. The molecule has 0 aliphatic heterocycles. The van der Waals surface area contributed by atoms with Gasteiger partial charge in [-0.05, 0) is 35.4 Å². The maximum Gasteiger partial charge on any atom is 0.119 e. The van der Waals surface area contributed by atoms with Crippen molar-refractivity contribution in [2.45, 2.75) is 38.8 Å². The summed E-state index contributed by atoms with van der Waals surface area (Å²) >= 11 is 5.84. The fraction of sp³-hybridized carbons (Fsp3) is 0.417. The number of benzene rings is 2. The molecule has 0 amide bonds. The van der Waals surface area contributed by atoms with Crippen LogP contribution in [0.3, 0.4) is 0 Å². The topological polar surface area (TPSA) is 69.4 Å². The zero-order valence-corrected chi connectivity index (χ0v) is 19.0. The normalized spacial score (nSPS) is 13.6. The van der Waals surface area contributed by atoms with Crippen molar-refractivity contribution >= 4 is 11.6 Å². The van der Waals surface area contributed by atoms with E-state index in [0.717, 1.165) is 5.75 Å². The summed E-state index contributed by atoms with van der Waals surface area (Å²) in [7, 11) is 0. The lowest BCUT2D eigenvalue weighted by Gasteiger charge is -2.26. The SMILES string of the molecule is C[C@H](CCl)COc1ccc(C(C)(C)c2ccc(OC[C@H](O)Cn3ccnn3)cc2)cc1. The molecule has 6 nitrogen and oxygen atoms in total. The standard InChI is InChI=1S/C24H30ClN3O3/c1-18(14-25)16-30-22-8-4-19(5-9-22)24(2,3)20-6-10-23(11-7-20)31-17-21(29)15-28-13-12-26-27-28/h4-13,18,21,29H,14-17H2,1-3H3/t18-,21-/m1/s1. The van der Waals surface area contributed by atoms with E-state index >= 15 is 0 Å². The Labute approximate surface area is 188 Å². The Kier molecular flexibility index (Phi) is 7.93. The summed E-state index contributed by atoms with van der Waals surface area (Å²) in [6, 6.07) is 16.2. The summed E-state index contributed by atoms with van der Waals surface area (Å²) in [6.45, 7) is 7.59. The number of aliphatic hydroxyl groups is 1. The lowest BCUT2D eigenvalue weighted by Crippen LogP contribution is -2.24. The van der Waals surface area contributed by atoms with Crippen LogP contribution in [0.1, 0.15) is 31.9 Å². The molecule has 0 saturated heterocycles. The van der Waals surface area contributed by atoms with Crippen LogP contribution in [0.5, 0.6) is 11.5 Å². The van der Waals surface area contributed by atoms with Crippen LogP contribution in [0, 0.1) is 5.92 Å². The smallest absolute Gasteiger partial charge is 0.119 e. The molecule has 166 valence electrons. The lowest BCUT2D eigenvalue weighted by molar-refractivity contribution is 0.0888. The van der Waals surface area contributed by atoms with Crippen LogP contribution in [0.15, 0.2) is 60.9 Å². The van der Waals surface area contributed by atoms with Crippen molar-refractivity contribution in [2.24, 2.45) is 5.92 Å². The first kappa shape index (κ1) is 23.1. The second-order valence-electron chi connectivity index (χ2n) is 8.33. The number of hydrogen-bond acceptors (Lipinski definition) is 5. The Hall–Kier alpha value is -2.57. The van der Waals surface area contributed by atoms with E-state index in [2.05, 4.69) is 55.3 Å². The van der Waals surface area contributed by atoms with Crippen LogP contribution < -0.4 is 9.47 Å². The van der Waals surface area contributed by atoms with Gasteiger partial charge in [0.25, 0.3) is 0 Å². The van der Waals surface area contributed by atoms with E-state index in [9.17, 15) is 5.11 Å². The molecule has 1 N–H and O–H groups in total. The van der Waals surface area contributed by atoms with Gasteiger partial charge in [0.05, 0.1) is 19.3 Å². The highest BCUT2D eigenvalue weighted by atomic mass is 35.5. The Balaban J connectivity index is 1.57. The first-order valence-electron chi connectivity index (χ1n) is 10.4. The highest BCUT2D eigenvalue weighted by Crippen LogP contribution is 2.33. The number of aliphatic hydroxyl groups excluding tert-OH is 1. The second kappa shape index (κ2) is 10.6. The van der Waals surface area contributed by atoms with E-state index in [1.54, 1.807) is 17.1 Å². The average Bonchev–Trinajstić information content (AvgIpc) is 3.29. The van der Waals surface area contributed by atoms with Crippen molar-refractivity contribution in [2.75, 3.05) is 19.1 Å². The minimum atomic E-state index is -0.661. The van der Waals surface area contributed by atoms with Gasteiger partial charge in [-0.15, -0.1) is 16.7 Å². The number of aromatic nitrogens is 3. The van der Waals surface area contributed by atoms with Gasteiger partial charge >= 0.3 is 0 Å². The number of halogens is 1. The fourth-order valence-corrected chi connectivity index (χ4v) is 3.27. The van der Waals surface area contributed by atoms with Gasteiger partial charge in [0.1, 0.15) is 24.2 Å². The molecule has 0 bridgehead atoms. The Morgan fingerprint density at radius 1 is 0.968 bits per heavy atom. The maximum atomic E-state index is 10.1. The third-order valence-corrected chi connectivity index (χ3v) is 5.79. The molecule has 31 heavy (non-hydrogen) atoms. The first-order valence-corrected chi connectivity index (χ1v) is 11.0. The molecule has 0 aliphatic rings. The predicted molar refractivity (Wildman–Crippen MR) is 122 cm³/mol. The highest BCUT2D eigenvalue weighted by Gasteiger charge is 2.23. The summed E-state index contributed by atoms with van der Waals surface area (Å²) in [4.78, 5) is 0. The molecule has 3 aromatic rings.